The maximum Gasteiger partial charge on any atom is 0.00104 e. The summed E-state index contributed by atoms with van der Waals surface area (Å²) in [5.41, 5.74) is 5.65. The predicted octanol–water partition coefficient (Wildman–Crippen LogP) is 2.28. The number of unbranched alkanes of at least 4 members (excludes halogenated alkanes) is 3. The summed E-state index contributed by atoms with van der Waals surface area (Å²) in [6.45, 7) is 6.67. The van der Waals surface area contributed by atoms with E-state index in [9.17, 15) is 0 Å². The SMILES string of the molecule is CCCCCNCCCCC(C)N. The summed E-state index contributed by atoms with van der Waals surface area (Å²) in [4.78, 5) is 0. The Morgan fingerprint density at radius 1 is 1.08 bits per heavy atom. The minimum absolute atomic E-state index is 0.375. The van der Waals surface area contributed by atoms with Gasteiger partial charge in [0, 0.05) is 6.04 Å². The van der Waals surface area contributed by atoms with E-state index < -0.39 is 0 Å². The van der Waals surface area contributed by atoms with Crippen LogP contribution in [0.2, 0.25) is 0 Å². The zero-order valence-electron chi connectivity index (χ0n) is 9.31. The molecule has 0 spiro atoms. The van der Waals surface area contributed by atoms with Crippen LogP contribution in [0.3, 0.4) is 0 Å². The smallest absolute Gasteiger partial charge is 0.00104 e. The summed E-state index contributed by atoms with van der Waals surface area (Å²) < 4.78 is 0. The minimum Gasteiger partial charge on any atom is -0.328 e. The number of nitrogens with one attached hydrogen (secondary N) is 1. The van der Waals surface area contributed by atoms with Crippen LogP contribution in [0, 0.1) is 0 Å². The predicted molar refractivity (Wildman–Crippen MR) is 59.9 cm³/mol. The molecule has 3 N–H and O–H groups in total. The molecule has 0 aromatic heterocycles. The summed E-state index contributed by atoms with van der Waals surface area (Å²) >= 11 is 0. The fourth-order valence-corrected chi connectivity index (χ4v) is 1.34. The van der Waals surface area contributed by atoms with Crippen molar-refractivity contribution < 1.29 is 0 Å². The average molecular weight is 186 g/mol. The number of hydrogen-bond donors (Lipinski definition) is 2. The van der Waals surface area contributed by atoms with Crippen molar-refractivity contribution in [2.75, 3.05) is 13.1 Å². The number of rotatable bonds is 9. The van der Waals surface area contributed by atoms with Crippen molar-refractivity contribution in [3.63, 3.8) is 0 Å². The first-order chi connectivity index (χ1) is 6.27. The molecule has 0 saturated carbocycles. The first kappa shape index (κ1) is 12.9. The summed E-state index contributed by atoms with van der Waals surface area (Å²) in [6.07, 6.45) is 7.69. The van der Waals surface area contributed by atoms with Gasteiger partial charge in [-0.2, -0.15) is 0 Å². The van der Waals surface area contributed by atoms with Gasteiger partial charge in [-0.3, -0.25) is 0 Å². The summed E-state index contributed by atoms with van der Waals surface area (Å²) in [5.74, 6) is 0. The fourth-order valence-electron chi connectivity index (χ4n) is 1.34. The van der Waals surface area contributed by atoms with Gasteiger partial charge in [-0.05, 0) is 39.3 Å². The molecule has 0 saturated heterocycles. The molecule has 80 valence electrons. The molecule has 2 nitrogen and oxygen atoms in total. The molecule has 0 aliphatic heterocycles. The van der Waals surface area contributed by atoms with Crippen LogP contribution in [0.25, 0.3) is 0 Å². The average Bonchev–Trinajstić information content (AvgIpc) is 2.09. The molecule has 0 aliphatic carbocycles. The van der Waals surface area contributed by atoms with Gasteiger partial charge in [0.1, 0.15) is 0 Å². The quantitative estimate of drug-likeness (QED) is 0.542. The van der Waals surface area contributed by atoms with E-state index in [1.807, 2.05) is 0 Å². The number of hydrogen-bond acceptors (Lipinski definition) is 2. The van der Waals surface area contributed by atoms with Gasteiger partial charge in [0.25, 0.3) is 0 Å². The van der Waals surface area contributed by atoms with Gasteiger partial charge in [-0.1, -0.05) is 26.2 Å². The summed E-state index contributed by atoms with van der Waals surface area (Å²) in [7, 11) is 0. The van der Waals surface area contributed by atoms with Crippen LogP contribution >= 0.6 is 0 Å². The van der Waals surface area contributed by atoms with Crippen LogP contribution in [0.1, 0.15) is 52.4 Å². The Bertz CT molecular complexity index is 92.1. The molecule has 0 radical (unpaired) electrons. The Morgan fingerprint density at radius 2 is 1.69 bits per heavy atom. The van der Waals surface area contributed by atoms with Crippen LogP contribution in [0.15, 0.2) is 0 Å². The second-order valence-electron chi connectivity index (χ2n) is 3.93. The molecule has 0 amide bonds. The lowest BCUT2D eigenvalue weighted by molar-refractivity contribution is 0.550. The summed E-state index contributed by atoms with van der Waals surface area (Å²) in [5, 5.41) is 3.45. The van der Waals surface area contributed by atoms with Crippen LogP contribution in [0.5, 0.6) is 0 Å². The highest BCUT2D eigenvalue weighted by Crippen LogP contribution is 1.97. The zero-order chi connectivity index (χ0) is 9.94. The molecule has 0 aromatic rings. The third-order valence-electron chi connectivity index (χ3n) is 2.22. The standard InChI is InChI=1S/C11H26N2/c1-3-4-6-9-13-10-7-5-8-11(2)12/h11,13H,3-10,12H2,1-2H3. The second kappa shape index (κ2) is 10.0. The lowest BCUT2D eigenvalue weighted by Crippen LogP contribution is -2.18. The van der Waals surface area contributed by atoms with Gasteiger partial charge in [-0.15, -0.1) is 0 Å². The first-order valence-electron chi connectivity index (χ1n) is 5.73. The largest absolute Gasteiger partial charge is 0.328 e. The van der Waals surface area contributed by atoms with Gasteiger partial charge < -0.3 is 11.1 Å². The molecule has 0 fully saturated rings. The normalized spacial score (nSPS) is 13.2. The molecule has 0 heterocycles. The molecule has 13 heavy (non-hydrogen) atoms. The van der Waals surface area contributed by atoms with Gasteiger partial charge in [0.15, 0.2) is 0 Å². The van der Waals surface area contributed by atoms with Crippen LogP contribution in [-0.2, 0) is 0 Å². The van der Waals surface area contributed by atoms with E-state index in [1.165, 1.54) is 38.6 Å². The Kier molecular flexibility index (Phi) is 9.94. The fraction of sp³-hybridized carbons (Fsp3) is 1.00. The topological polar surface area (TPSA) is 38.0 Å². The zero-order valence-corrected chi connectivity index (χ0v) is 9.31. The van der Waals surface area contributed by atoms with Crippen molar-refractivity contribution in [2.24, 2.45) is 5.73 Å². The second-order valence-corrected chi connectivity index (χ2v) is 3.93. The maximum atomic E-state index is 5.65. The molecular weight excluding hydrogens is 160 g/mol. The highest BCUT2D eigenvalue weighted by Gasteiger charge is 1.93. The molecule has 1 atom stereocenters. The Hall–Kier alpha value is -0.0800. The van der Waals surface area contributed by atoms with Crippen LogP contribution in [-0.4, -0.2) is 19.1 Å². The minimum atomic E-state index is 0.375. The van der Waals surface area contributed by atoms with Crippen molar-refractivity contribution in [3.8, 4) is 0 Å². The van der Waals surface area contributed by atoms with E-state index in [4.69, 9.17) is 5.73 Å². The van der Waals surface area contributed by atoms with Crippen molar-refractivity contribution in [1.82, 2.24) is 5.32 Å². The molecule has 2 heteroatoms. The third kappa shape index (κ3) is 11.9. The number of nitrogens with two attached hydrogens (primary N) is 1. The van der Waals surface area contributed by atoms with Crippen LogP contribution < -0.4 is 11.1 Å². The van der Waals surface area contributed by atoms with Gasteiger partial charge >= 0.3 is 0 Å². The van der Waals surface area contributed by atoms with Gasteiger partial charge in [0.05, 0.1) is 0 Å². The van der Waals surface area contributed by atoms with E-state index in [-0.39, 0.29) is 0 Å². The van der Waals surface area contributed by atoms with Gasteiger partial charge in [-0.25, -0.2) is 0 Å². The molecule has 0 rings (SSSR count). The molecule has 0 aliphatic rings. The van der Waals surface area contributed by atoms with Gasteiger partial charge in [0.2, 0.25) is 0 Å². The van der Waals surface area contributed by atoms with Crippen molar-refractivity contribution >= 4 is 0 Å². The van der Waals surface area contributed by atoms with Crippen LogP contribution in [0.4, 0.5) is 0 Å². The molecule has 0 bridgehead atoms. The van der Waals surface area contributed by atoms with E-state index in [0.29, 0.717) is 6.04 Å². The highest BCUT2D eigenvalue weighted by molar-refractivity contribution is 4.55. The monoisotopic (exact) mass is 186 g/mol. The molecular formula is C11H26N2. The van der Waals surface area contributed by atoms with E-state index in [2.05, 4.69) is 19.2 Å². The Morgan fingerprint density at radius 3 is 2.23 bits per heavy atom. The molecule has 1 unspecified atom stereocenters. The Labute approximate surface area is 83.3 Å². The van der Waals surface area contributed by atoms with E-state index in [1.54, 1.807) is 0 Å². The first-order valence-corrected chi connectivity index (χ1v) is 5.73. The highest BCUT2D eigenvalue weighted by atomic mass is 14.8. The van der Waals surface area contributed by atoms with Crippen molar-refractivity contribution in [3.05, 3.63) is 0 Å². The van der Waals surface area contributed by atoms with Crippen molar-refractivity contribution in [2.45, 2.75) is 58.4 Å². The van der Waals surface area contributed by atoms with E-state index in [0.717, 1.165) is 13.0 Å². The lowest BCUT2D eigenvalue weighted by atomic mass is 10.1. The Balaban J connectivity index is 2.84. The maximum absolute atomic E-state index is 5.65. The third-order valence-corrected chi connectivity index (χ3v) is 2.22. The lowest BCUT2D eigenvalue weighted by Gasteiger charge is -2.05. The van der Waals surface area contributed by atoms with Crippen molar-refractivity contribution in [1.29, 1.82) is 0 Å². The molecule has 0 aromatic carbocycles. The summed E-state index contributed by atoms with van der Waals surface area (Å²) in [6, 6.07) is 0.375. The van der Waals surface area contributed by atoms with E-state index >= 15 is 0 Å².